The van der Waals surface area contributed by atoms with E-state index in [0.29, 0.717) is 23.1 Å². The maximum absolute atomic E-state index is 13.6. The fourth-order valence-corrected chi connectivity index (χ4v) is 4.12. The molecule has 0 fully saturated rings. The van der Waals surface area contributed by atoms with Gasteiger partial charge in [-0.05, 0) is 62.6 Å². The third-order valence-electron chi connectivity index (χ3n) is 5.50. The lowest BCUT2D eigenvalue weighted by Crippen LogP contribution is -2.28. The molecular weight excluding hydrogens is 398 g/mol. The summed E-state index contributed by atoms with van der Waals surface area (Å²) >= 11 is 6.07. The molecule has 0 saturated heterocycles. The molecule has 6 heteroatoms. The van der Waals surface area contributed by atoms with Gasteiger partial charge in [0.05, 0.1) is 18.0 Å². The van der Waals surface area contributed by atoms with E-state index in [-0.39, 0.29) is 5.91 Å². The molecule has 2 heterocycles. The van der Waals surface area contributed by atoms with Crippen LogP contribution < -0.4 is 9.64 Å². The highest BCUT2D eigenvalue weighted by molar-refractivity contribution is 6.30. The van der Waals surface area contributed by atoms with Gasteiger partial charge in [-0.2, -0.15) is 0 Å². The van der Waals surface area contributed by atoms with Crippen LogP contribution in [0.25, 0.3) is 11.4 Å². The van der Waals surface area contributed by atoms with Crippen LogP contribution in [0, 0.1) is 0 Å². The van der Waals surface area contributed by atoms with E-state index >= 15 is 0 Å². The number of carbonyl (C=O) groups excluding carboxylic acids is 1. The van der Waals surface area contributed by atoms with Crippen molar-refractivity contribution >= 4 is 23.2 Å². The fourth-order valence-electron chi connectivity index (χ4n) is 3.99. The molecule has 0 N–H and O–H groups in total. The summed E-state index contributed by atoms with van der Waals surface area (Å²) in [4.78, 5) is 20.0. The molecule has 4 rings (SSSR count). The number of amides is 1. The Balaban J connectivity index is 1.77. The Morgan fingerprint density at radius 2 is 1.90 bits per heavy atom. The van der Waals surface area contributed by atoms with Gasteiger partial charge in [0.2, 0.25) is 0 Å². The second-order valence-corrected chi connectivity index (χ2v) is 7.90. The Morgan fingerprint density at radius 1 is 1.13 bits per heavy atom. The lowest BCUT2D eigenvalue weighted by atomic mass is 10.1. The molecule has 1 aliphatic heterocycles. The summed E-state index contributed by atoms with van der Waals surface area (Å²) in [5.41, 5.74) is 3.26. The van der Waals surface area contributed by atoms with Crippen LogP contribution in [0.1, 0.15) is 42.4 Å². The van der Waals surface area contributed by atoms with Crippen molar-refractivity contribution in [3.63, 3.8) is 0 Å². The van der Waals surface area contributed by atoms with E-state index in [1.807, 2.05) is 55.5 Å². The van der Waals surface area contributed by atoms with E-state index in [1.54, 1.807) is 11.9 Å². The van der Waals surface area contributed by atoms with Crippen molar-refractivity contribution in [1.82, 2.24) is 9.55 Å². The average Bonchev–Trinajstić information content (AvgIpc) is 2.94. The number of benzene rings is 2. The van der Waals surface area contributed by atoms with Crippen LogP contribution in [0.15, 0.2) is 48.5 Å². The summed E-state index contributed by atoms with van der Waals surface area (Å²) < 4.78 is 7.94. The number of aromatic nitrogens is 2. The predicted octanol–water partition coefficient (Wildman–Crippen LogP) is 5.61. The summed E-state index contributed by atoms with van der Waals surface area (Å²) in [6.07, 6.45) is 4.15. The Bertz CT molecular complexity index is 1040. The number of halogens is 1. The van der Waals surface area contributed by atoms with Gasteiger partial charge in [0.15, 0.2) is 5.69 Å². The molecule has 0 bridgehead atoms. The van der Waals surface area contributed by atoms with E-state index in [9.17, 15) is 4.79 Å². The summed E-state index contributed by atoms with van der Waals surface area (Å²) in [6.45, 7) is 3.35. The molecule has 0 spiro atoms. The zero-order valence-corrected chi connectivity index (χ0v) is 18.2. The van der Waals surface area contributed by atoms with E-state index < -0.39 is 0 Å². The molecule has 1 amide bonds. The highest BCUT2D eigenvalue weighted by atomic mass is 35.5. The lowest BCUT2D eigenvalue weighted by molar-refractivity contribution is 0.0987. The number of rotatable bonds is 5. The van der Waals surface area contributed by atoms with E-state index in [4.69, 9.17) is 21.3 Å². The molecule has 0 saturated carbocycles. The van der Waals surface area contributed by atoms with E-state index in [1.165, 1.54) is 0 Å². The van der Waals surface area contributed by atoms with Gasteiger partial charge in [0, 0.05) is 24.2 Å². The lowest BCUT2D eigenvalue weighted by Gasteiger charge is -2.20. The number of fused-ring (bicyclic) bond motifs is 1. The van der Waals surface area contributed by atoms with Crippen molar-refractivity contribution in [2.24, 2.45) is 0 Å². The number of nitrogens with zero attached hydrogens (tertiary/aromatic N) is 3. The smallest absolute Gasteiger partial charge is 0.278 e. The average molecular weight is 424 g/mol. The van der Waals surface area contributed by atoms with Crippen molar-refractivity contribution in [2.45, 2.75) is 39.2 Å². The molecule has 5 nitrogen and oxygen atoms in total. The Hall–Kier alpha value is -2.79. The summed E-state index contributed by atoms with van der Waals surface area (Å²) in [5, 5.41) is 0.685. The summed E-state index contributed by atoms with van der Waals surface area (Å²) in [6, 6.07) is 15.3. The highest BCUT2D eigenvalue weighted by Gasteiger charge is 2.27. The molecule has 156 valence electrons. The Morgan fingerprint density at radius 3 is 2.67 bits per heavy atom. The normalized spacial score (nSPS) is 13.4. The molecule has 0 unspecified atom stereocenters. The summed E-state index contributed by atoms with van der Waals surface area (Å²) in [7, 11) is 1.78. The quantitative estimate of drug-likeness (QED) is 0.536. The third-order valence-corrected chi connectivity index (χ3v) is 5.76. The second-order valence-electron chi connectivity index (χ2n) is 7.46. The molecule has 30 heavy (non-hydrogen) atoms. The first kappa shape index (κ1) is 20.5. The SMILES string of the molecule is CCOc1ccccc1N(C)C(=O)c1nc(-c2ccc(Cl)cc2)n2c1CCCCC2. The predicted molar refractivity (Wildman–Crippen MR) is 121 cm³/mol. The fraction of sp³-hybridized carbons (Fsp3) is 0.333. The minimum Gasteiger partial charge on any atom is -0.492 e. The molecule has 0 aliphatic carbocycles. The molecule has 0 atom stereocenters. The highest BCUT2D eigenvalue weighted by Crippen LogP contribution is 2.32. The van der Waals surface area contributed by atoms with Gasteiger partial charge in [-0.3, -0.25) is 4.79 Å². The van der Waals surface area contributed by atoms with Crippen LogP contribution in [0.3, 0.4) is 0 Å². The van der Waals surface area contributed by atoms with Gasteiger partial charge in [-0.15, -0.1) is 0 Å². The van der Waals surface area contributed by atoms with Crippen molar-refractivity contribution in [3.05, 3.63) is 64.9 Å². The second kappa shape index (κ2) is 8.92. The number of hydrogen-bond acceptors (Lipinski definition) is 3. The maximum atomic E-state index is 13.6. The van der Waals surface area contributed by atoms with Crippen LogP contribution in [0.5, 0.6) is 5.75 Å². The zero-order chi connectivity index (χ0) is 21.1. The van der Waals surface area contributed by atoms with Crippen molar-refractivity contribution in [1.29, 1.82) is 0 Å². The largest absolute Gasteiger partial charge is 0.492 e. The van der Waals surface area contributed by atoms with Crippen molar-refractivity contribution in [3.8, 4) is 17.1 Å². The van der Waals surface area contributed by atoms with Gasteiger partial charge >= 0.3 is 0 Å². The van der Waals surface area contributed by atoms with Gasteiger partial charge < -0.3 is 14.2 Å². The van der Waals surface area contributed by atoms with Gasteiger partial charge in [-0.25, -0.2) is 4.98 Å². The van der Waals surface area contributed by atoms with Gasteiger partial charge in [-0.1, -0.05) is 30.2 Å². The molecule has 1 aliphatic rings. The first-order chi connectivity index (χ1) is 14.6. The van der Waals surface area contributed by atoms with Crippen LogP contribution in [-0.2, 0) is 13.0 Å². The molecule has 1 aromatic heterocycles. The molecule has 0 radical (unpaired) electrons. The van der Waals surface area contributed by atoms with Gasteiger partial charge in [0.25, 0.3) is 5.91 Å². The molecular formula is C24H26ClN3O2. The minimum atomic E-state index is -0.118. The Labute approximate surface area is 182 Å². The first-order valence-corrected chi connectivity index (χ1v) is 10.8. The third kappa shape index (κ3) is 3.94. The topological polar surface area (TPSA) is 47.4 Å². The van der Waals surface area contributed by atoms with Crippen LogP contribution in [0.4, 0.5) is 5.69 Å². The van der Waals surface area contributed by atoms with E-state index in [0.717, 1.165) is 55.0 Å². The summed E-state index contributed by atoms with van der Waals surface area (Å²) in [5.74, 6) is 1.41. The number of para-hydroxylation sites is 2. The number of imidazole rings is 1. The maximum Gasteiger partial charge on any atom is 0.278 e. The van der Waals surface area contributed by atoms with Crippen molar-refractivity contribution < 1.29 is 9.53 Å². The monoisotopic (exact) mass is 423 g/mol. The number of anilines is 1. The van der Waals surface area contributed by atoms with Crippen LogP contribution in [-0.4, -0.2) is 29.1 Å². The Kier molecular flexibility index (Phi) is 6.09. The molecule has 3 aromatic rings. The number of ether oxygens (including phenoxy) is 1. The first-order valence-electron chi connectivity index (χ1n) is 10.5. The number of hydrogen-bond donors (Lipinski definition) is 0. The standard InChI is InChI=1S/C24H26ClN3O2/c1-3-30-21-11-7-6-9-19(21)27(2)24(29)22-20-10-5-4-8-16-28(20)23(26-22)17-12-14-18(25)15-13-17/h6-7,9,11-15H,3-5,8,10,16H2,1-2H3. The molecule has 2 aromatic carbocycles. The van der Waals surface area contributed by atoms with Crippen LogP contribution >= 0.6 is 11.6 Å². The zero-order valence-electron chi connectivity index (χ0n) is 17.4. The van der Waals surface area contributed by atoms with Gasteiger partial charge in [0.1, 0.15) is 11.6 Å². The minimum absolute atomic E-state index is 0.118. The van der Waals surface area contributed by atoms with Crippen molar-refractivity contribution in [2.75, 3.05) is 18.6 Å². The van der Waals surface area contributed by atoms with E-state index in [2.05, 4.69) is 4.57 Å². The number of carbonyl (C=O) groups is 1. The van der Waals surface area contributed by atoms with Crippen LogP contribution in [0.2, 0.25) is 5.02 Å².